The molecule has 2 amide bonds. The Hall–Kier alpha value is -3.44. The minimum Gasteiger partial charge on any atom is -0.470 e. The molecule has 2 N–H and O–H groups in total. The van der Waals surface area contributed by atoms with Gasteiger partial charge in [0.25, 0.3) is 5.91 Å². The van der Waals surface area contributed by atoms with Crippen molar-refractivity contribution in [2.24, 2.45) is 28.6 Å². The molecule has 2 aromatic carbocycles. The molecule has 1 atom stereocenters. The average molecular weight is 884 g/mol. The lowest BCUT2D eigenvalue weighted by Crippen LogP contribution is -2.56. The maximum atomic E-state index is 14.9. The smallest absolute Gasteiger partial charge is 0.338 e. The molecular weight excluding hydrogens is 812 g/mol. The highest BCUT2D eigenvalue weighted by atomic mass is 35.5. The number of sulfone groups is 1. The molecule has 2 aromatic rings. The number of anilines is 2. The lowest BCUT2D eigenvalue weighted by molar-refractivity contribution is -0.154. The second-order valence-corrected chi connectivity index (χ2v) is 21.9. The van der Waals surface area contributed by atoms with Crippen molar-refractivity contribution in [1.82, 2.24) is 0 Å². The van der Waals surface area contributed by atoms with Gasteiger partial charge in [0.15, 0.2) is 15.6 Å². The van der Waals surface area contributed by atoms with Crippen molar-refractivity contribution < 1.29 is 37.1 Å². The van der Waals surface area contributed by atoms with Gasteiger partial charge in [0.05, 0.1) is 39.2 Å². The summed E-state index contributed by atoms with van der Waals surface area (Å²) in [5, 5.41) is 5.73. The van der Waals surface area contributed by atoms with E-state index in [1.165, 1.54) is 114 Å². The van der Waals surface area contributed by atoms with Gasteiger partial charge in [-0.15, -0.1) is 0 Å². The number of carbonyl (C=O) groups excluding carboxylic acids is 4. The highest BCUT2D eigenvalue weighted by Gasteiger charge is 2.57. The summed E-state index contributed by atoms with van der Waals surface area (Å²) in [6.45, 7) is 9.21. The Balaban J connectivity index is 1.24. The Labute approximate surface area is 370 Å². The summed E-state index contributed by atoms with van der Waals surface area (Å²) in [5.74, 6) is -1.05. The average Bonchev–Trinajstić information content (AvgIpc) is 3.21. The van der Waals surface area contributed by atoms with Crippen LogP contribution in [0.15, 0.2) is 41.3 Å². The quantitative estimate of drug-likeness (QED) is 0.0569. The van der Waals surface area contributed by atoms with Gasteiger partial charge in [-0.05, 0) is 99.1 Å². The fourth-order valence-electron chi connectivity index (χ4n) is 9.91. The van der Waals surface area contributed by atoms with Gasteiger partial charge in [-0.1, -0.05) is 130 Å². The Morgan fingerprint density at radius 1 is 0.738 bits per heavy atom. The number of hydrogen-bond donors (Lipinski definition) is 2. The summed E-state index contributed by atoms with van der Waals surface area (Å²) >= 11 is 6.59. The van der Waals surface area contributed by atoms with Gasteiger partial charge in [0.2, 0.25) is 12.0 Å². The van der Waals surface area contributed by atoms with E-state index in [1.54, 1.807) is 20.8 Å². The molecule has 0 spiro atoms. The molecule has 1 unspecified atom stereocenters. The predicted molar refractivity (Wildman–Crippen MR) is 243 cm³/mol. The zero-order valence-electron chi connectivity index (χ0n) is 37.4. The van der Waals surface area contributed by atoms with Crippen LogP contribution in [0, 0.1) is 28.6 Å². The molecular formula is C49H71ClN2O8S. The SMILES string of the molecule is CCCCCCCCCCCCCCCCOC(=O)c1ccc(Cl)c(NC(=O)C(Oc2ccc(S(=O)(=O)CC)cc2NC(=O)C(C)(C)C)C(=O)C23CC4CC(CC(C4)C2)C3)c1. The van der Waals surface area contributed by atoms with Crippen LogP contribution in [0.3, 0.4) is 0 Å². The molecule has 0 radical (unpaired) electrons. The minimum absolute atomic E-state index is 0.0159. The Kier molecular flexibility index (Phi) is 17.7. The number of esters is 1. The first-order valence-electron chi connectivity index (χ1n) is 23.2. The number of ether oxygens (including phenoxy) is 2. The van der Waals surface area contributed by atoms with Gasteiger partial charge in [-0.25, -0.2) is 13.2 Å². The van der Waals surface area contributed by atoms with Crippen LogP contribution in [0.1, 0.15) is 173 Å². The van der Waals surface area contributed by atoms with E-state index in [2.05, 4.69) is 17.6 Å². The lowest BCUT2D eigenvalue weighted by Gasteiger charge is -2.56. The first-order chi connectivity index (χ1) is 29.0. The topological polar surface area (TPSA) is 145 Å². The first kappa shape index (κ1) is 48.6. The molecule has 0 saturated heterocycles. The minimum atomic E-state index is -3.68. The normalized spacial score (nSPS) is 21.2. The van der Waals surface area contributed by atoms with E-state index in [-0.39, 0.29) is 50.7 Å². The maximum absolute atomic E-state index is 14.9. The van der Waals surface area contributed by atoms with E-state index in [1.807, 2.05) is 0 Å². The Bertz CT molecular complexity index is 1900. The molecule has 12 heteroatoms. The van der Waals surface area contributed by atoms with Crippen LogP contribution in [0.4, 0.5) is 11.4 Å². The van der Waals surface area contributed by atoms with Gasteiger partial charge in [0, 0.05) is 10.8 Å². The molecule has 61 heavy (non-hydrogen) atoms. The number of carbonyl (C=O) groups is 4. The van der Waals surface area contributed by atoms with E-state index in [4.69, 9.17) is 21.1 Å². The van der Waals surface area contributed by atoms with Gasteiger partial charge in [-0.2, -0.15) is 0 Å². The molecule has 4 saturated carbocycles. The van der Waals surface area contributed by atoms with E-state index < -0.39 is 44.6 Å². The highest BCUT2D eigenvalue weighted by Crippen LogP contribution is 2.60. The summed E-state index contributed by atoms with van der Waals surface area (Å²) in [4.78, 5) is 55.7. The molecule has 338 valence electrons. The zero-order valence-corrected chi connectivity index (χ0v) is 39.0. The number of nitrogens with one attached hydrogen (secondary N) is 2. The van der Waals surface area contributed by atoms with Crippen LogP contribution in [0.5, 0.6) is 5.75 Å². The summed E-state index contributed by atoms with van der Waals surface area (Å²) < 4.78 is 37.8. The second kappa shape index (κ2) is 22.3. The highest BCUT2D eigenvalue weighted by molar-refractivity contribution is 7.91. The number of rotatable bonds is 25. The second-order valence-electron chi connectivity index (χ2n) is 19.2. The third kappa shape index (κ3) is 13.5. The number of hydrogen-bond acceptors (Lipinski definition) is 8. The van der Waals surface area contributed by atoms with Crippen molar-refractivity contribution >= 4 is 56.4 Å². The first-order valence-corrected chi connectivity index (χ1v) is 25.2. The molecule has 0 heterocycles. The van der Waals surface area contributed by atoms with E-state index in [0.717, 1.165) is 38.5 Å². The summed E-state index contributed by atoms with van der Waals surface area (Å²) in [6.07, 6.45) is 20.8. The predicted octanol–water partition coefficient (Wildman–Crippen LogP) is 11.9. The molecule has 4 aliphatic rings. The third-order valence-corrected chi connectivity index (χ3v) is 15.2. The summed E-state index contributed by atoms with van der Waals surface area (Å²) in [6, 6.07) is 8.54. The standard InChI is InChI=1S/C49H71ClN2O8S/c1-6-8-9-10-11-12-13-14-15-16-17-18-19-20-25-59-46(55)37-21-23-39(50)40(29-37)51-45(54)43(44(53)49-31-34-26-35(32-49)28-36(27-34)33-49)60-42-24-22-38(61(57,58)7-2)30-41(42)52-47(56)48(3,4)5/h21-24,29-30,34-36,43H,6-20,25-28,31-33H2,1-5H3,(H,51,54)(H,52,56). The molecule has 4 fully saturated rings. The third-order valence-electron chi connectivity index (χ3n) is 13.1. The molecule has 4 aliphatic carbocycles. The van der Waals surface area contributed by atoms with Crippen molar-refractivity contribution in [3.05, 3.63) is 47.0 Å². The maximum Gasteiger partial charge on any atom is 0.338 e. The Morgan fingerprint density at radius 2 is 1.28 bits per heavy atom. The molecule has 0 aliphatic heterocycles. The number of Topliss-reactive ketones (excluding diaryl/α,β-unsaturated/α-hetero) is 1. The summed E-state index contributed by atoms with van der Waals surface area (Å²) in [5.41, 5.74) is -1.24. The van der Waals surface area contributed by atoms with Crippen LogP contribution in [-0.2, 0) is 29.0 Å². The summed E-state index contributed by atoms with van der Waals surface area (Å²) in [7, 11) is -3.68. The van der Waals surface area contributed by atoms with Crippen LogP contribution in [0.25, 0.3) is 0 Å². The molecule has 6 rings (SSSR count). The van der Waals surface area contributed by atoms with Gasteiger partial charge >= 0.3 is 5.97 Å². The number of halogens is 1. The van der Waals surface area contributed by atoms with Crippen LogP contribution < -0.4 is 15.4 Å². The molecule has 4 bridgehead atoms. The fourth-order valence-corrected chi connectivity index (χ4v) is 11.0. The van der Waals surface area contributed by atoms with Crippen LogP contribution in [0.2, 0.25) is 5.02 Å². The van der Waals surface area contributed by atoms with Crippen molar-refractivity contribution in [3.63, 3.8) is 0 Å². The van der Waals surface area contributed by atoms with Crippen molar-refractivity contribution in [2.75, 3.05) is 23.0 Å². The van der Waals surface area contributed by atoms with Gasteiger partial charge < -0.3 is 20.1 Å². The van der Waals surface area contributed by atoms with E-state index in [0.29, 0.717) is 37.0 Å². The molecule has 10 nitrogen and oxygen atoms in total. The van der Waals surface area contributed by atoms with Crippen molar-refractivity contribution in [1.29, 1.82) is 0 Å². The largest absolute Gasteiger partial charge is 0.470 e. The Morgan fingerprint density at radius 3 is 1.80 bits per heavy atom. The zero-order chi connectivity index (χ0) is 44.2. The van der Waals surface area contributed by atoms with E-state index in [9.17, 15) is 27.6 Å². The lowest BCUT2D eigenvalue weighted by atomic mass is 9.48. The number of ketones is 1. The molecule has 0 aromatic heterocycles. The van der Waals surface area contributed by atoms with Crippen LogP contribution in [-0.4, -0.2) is 50.4 Å². The van der Waals surface area contributed by atoms with Crippen molar-refractivity contribution in [2.45, 2.75) is 174 Å². The van der Waals surface area contributed by atoms with Crippen molar-refractivity contribution in [3.8, 4) is 5.75 Å². The number of benzene rings is 2. The van der Waals surface area contributed by atoms with Crippen LogP contribution >= 0.6 is 11.6 Å². The van der Waals surface area contributed by atoms with Gasteiger partial charge in [-0.3, -0.25) is 14.4 Å². The monoisotopic (exact) mass is 882 g/mol. The van der Waals surface area contributed by atoms with E-state index >= 15 is 0 Å². The number of unbranched alkanes of at least 4 members (excludes halogenated alkanes) is 13. The number of amides is 2. The van der Waals surface area contributed by atoms with Gasteiger partial charge in [0.1, 0.15) is 5.75 Å². The fraction of sp³-hybridized carbons (Fsp3) is 0.673.